The van der Waals surface area contributed by atoms with Crippen LogP contribution in [-0.2, 0) is 10.3 Å². The van der Waals surface area contributed by atoms with E-state index in [1.54, 1.807) is 6.92 Å². The summed E-state index contributed by atoms with van der Waals surface area (Å²) in [5, 5.41) is 6.06. The minimum atomic E-state index is -0.945. The molecule has 4 N–H and O–H groups in total. The molecule has 0 saturated carbocycles. The molecule has 9 heteroatoms. The standard InChI is InChI=1S/C16H17ClFN5O2/c1-16(8-20-7-13(19)25-16)11-4-10(2-3-12(11)18)23-15(24)14-21-5-9(17)6-22-14/h2-6,13,20H,7-8,19H2,1H3,(H,23,24)/t13-,16?/m1/s1. The molecule has 0 aliphatic carbocycles. The van der Waals surface area contributed by atoms with Crippen LogP contribution >= 0.6 is 11.6 Å². The number of ether oxygens (including phenoxy) is 1. The lowest BCUT2D eigenvalue weighted by Gasteiger charge is -2.38. The van der Waals surface area contributed by atoms with Crippen molar-refractivity contribution in [2.45, 2.75) is 18.8 Å². The third kappa shape index (κ3) is 3.93. The Hall–Kier alpha value is -2.13. The van der Waals surface area contributed by atoms with Crippen molar-refractivity contribution in [2.24, 2.45) is 5.73 Å². The van der Waals surface area contributed by atoms with Crippen molar-refractivity contribution in [3.8, 4) is 0 Å². The summed E-state index contributed by atoms with van der Waals surface area (Å²) in [5.41, 5.74) is 5.54. The SMILES string of the molecule is CC1(c2cc(NC(=O)c3ncc(Cl)cn3)ccc2F)CNC[C@H](N)O1. The van der Waals surface area contributed by atoms with E-state index in [1.165, 1.54) is 30.6 Å². The first-order valence-corrected chi connectivity index (χ1v) is 7.98. The molecule has 1 aromatic carbocycles. The number of morpholine rings is 1. The van der Waals surface area contributed by atoms with Crippen molar-refractivity contribution in [2.75, 3.05) is 18.4 Å². The first-order valence-electron chi connectivity index (χ1n) is 7.60. The third-order valence-electron chi connectivity index (χ3n) is 3.84. The molecule has 1 amide bonds. The topological polar surface area (TPSA) is 102 Å². The molecule has 0 spiro atoms. The Labute approximate surface area is 148 Å². The number of hydrogen-bond donors (Lipinski definition) is 3. The zero-order valence-electron chi connectivity index (χ0n) is 13.4. The van der Waals surface area contributed by atoms with Crippen LogP contribution in [0, 0.1) is 5.82 Å². The second-order valence-electron chi connectivity index (χ2n) is 5.89. The summed E-state index contributed by atoms with van der Waals surface area (Å²) in [6.45, 7) is 2.63. The average Bonchev–Trinajstić information content (AvgIpc) is 2.57. The van der Waals surface area contributed by atoms with E-state index in [1.807, 2.05) is 0 Å². The van der Waals surface area contributed by atoms with E-state index >= 15 is 0 Å². The number of hydrogen-bond acceptors (Lipinski definition) is 6. The number of benzene rings is 1. The van der Waals surface area contributed by atoms with Crippen LogP contribution in [-0.4, -0.2) is 35.2 Å². The highest BCUT2D eigenvalue weighted by Gasteiger charge is 2.35. The van der Waals surface area contributed by atoms with Gasteiger partial charge in [0.05, 0.1) is 5.02 Å². The molecular weight excluding hydrogens is 349 g/mol. The summed E-state index contributed by atoms with van der Waals surface area (Å²) in [6.07, 6.45) is 2.10. The molecule has 1 aliphatic heterocycles. The van der Waals surface area contributed by atoms with Crippen molar-refractivity contribution in [1.29, 1.82) is 0 Å². The molecule has 0 bridgehead atoms. The van der Waals surface area contributed by atoms with Gasteiger partial charge >= 0.3 is 0 Å². The number of nitrogens with one attached hydrogen (secondary N) is 2. The molecular formula is C16H17ClFN5O2. The number of carbonyl (C=O) groups excluding carboxylic acids is 1. The minimum absolute atomic E-state index is 0.0425. The highest BCUT2D eigenvalue weighted by molar-refractivity contribution is 6.30. The van der Waals surface area contributed by atoms with Crippen LogP contribution in [0.5, 0.6) is 0 Å². The summed E-state index contributed by atoms with van der Waals surface area (Å²) >= 11 is 5.70. The molecule has 132 valence electrons. The van der Waals surface area contributed by atoms with Gasteiger partial charge in [-0.2, -0.15) is 0 Å². The van der Waals surface area contributed by atoms with Gasteiger partial charge in [0.15, 0.2) is 0 Å². The molecule has 2 aromatic rings. The van der Waals surface area contributed by atoms with Crippen LogP contribution in [0.25, 0.3) is 0 Å². The lowest BCUT2D eigenvalue weighted by Crippen LogP contribution is -2.53. The van der Waals surface area contributed by atoms with Crippen molar-refractivity contribution >= 4 is 23.2 Å². The largest absolute Gasteiger partial charge is 0.350 e. The number of carbonyl (C=O) groups is 1. The number of amides is 1. The predicted octanol–water partition coefficient (Wildman–Crippen LogP) is 1.64. The molecule has 7 nitrogen and oxygen atoms in total. The Kier molecular flexibility index (Phi) is 4.96. The second kappa shape index (κ2) is 7.01. The van der Waals surface area contributed by atoms with Gasteiger partial charge in [-0.25, -0.2) is 14.4 Å². The average molecular weight is 366 g/mol. The van der Waals surface area contributed by atoms with E-state index in [2.05, 4.69) is 20.6 Å². The first kappa shape index (κ1) is 17.7. The summed E-state index contributed by atoms with van der Waals surface area (Å²) in [5.74, 6) is -1.02. The molecule has 1 saturated heterocycles. The molecule has 2 heterocycles. The number of anilines is 1. The van der Waals surface area contributed by atoms with E-state index in [0.717, 1.165) is 0 Å². The Morgan fingerprint density at radius 2 is 2.20 bits per heavy atom. The number of halogens is 2. The summed E-state index contributed by atoms with van der Waals surface area (Å²) < 4.78 is 20.1. The maximum atomic E-state index is 14.3. The lowest BCUT2D eigenvalue weighted by atomic mass is 9.93. The highest BCUT2D eigenvalue weighted by Crippen LogP contribution is 2.31. The summed E-state index contributed by atoms with van der Waals surface area (Å²) in [7, 11) is 0. The highest BCUT2D eigenvalue weighted by atomic mass is 35.5. The van der Waals surface area contributed by atoms with Crippen molar-refractivity contribution in [3.05, 3.63) is 52.8 Å². The van der Waals surface area contributed by atoms with E-state index in [4.69, 9.17) is 22.1 Å². The summed E-state index contributed by atoms with van der Waals surface area (Å²) in [6, 6.07) is 4.23. The van der Waals surface area contributed by atoms with Gasteiger partial charge in [-0.05, 0) is 25.1 Å². The van der Waals surface area contributed by atoms with Crippen molar-refractivity contribution in [1.82, 2.24) is 15.3 Å². The van der Waals surface area contributed by atoms with Crippen LogP contribution in [0.1, 0.15) is 23.1 Å². The zero-order chi connectivity index (χ0) is 18.0. The lowest BCUT2D eigenvalue weighted by molar-refractivity contribution is -0.109. The fourth-order valence-corrected chi connectivity index (χ4v) is 2.75. The molecule has 1 unspecified atom stereocenters. The van der Waals surface area contributed by atoms with E-state index < -0.39 is 23.6 Å². The van der Waals surface area contributed by atoms with Crippen LogP contribution in [0.4, 0.5) is 10.1 Å². The second-order valence-corrected chi connectivity index (χ2v) is 6.33. The maximum Gasteiger partial charge on any atom is 0.293 e. The number of aromatic nitrogens is 2. The van der Waals surface area contributed by atoms with E-state index in [0.29, 0.717) is 29.4 Å². The van der Waals surface area contributed by atoms with Gasteiger partial charge in [0.1, 0.15) is 17.6 Å². The van der Waals surface area contributed by atoms with Gasteiger partial charge in [0, 0.05) is 36.7 Å². The van der Waals surface area contributed by atoms with Crippen LogP contribution < -0.4 is 16.4 Å². The third-order valence-corrected chi connectivity index (χ3v) is 4.03. The van der Waals surface area contributed by atoms with Crippen molar-refractivity contribution in [3.63, 3.8) is 0 Å². The Morgan fingerprint density at radius 1 is 1.48 bits per heavy atom. The molecule has 0 radical (unpaired) electrons. The van der Waals surface area contributed by atoms with E-state index in [-0.39, 0.29) is 5.82 Å². The monoisotopic (exact) mass is 365 g/mol. The fourth-order valence-electron chi connectivity index (χ4n) is 2.65. The van der Waals surface area contributed by atoms with Gasteiger partial charge < -0.3 is 21.1 Å². The van der Waals surface area contributed by atoms with Gasteiger partial charge in [-0.15, -0.1) is 0 Å². The number of nitrogens with two attached hydrogens (primary N) is 1. The van der Waals surface area contributed by atoms with E-state index in [9.17, 15) is 9.18 Å². The number of nitrogens with zero attached hydrogens (tertiary/aromatic N) is 2. The normalized spacial score (nSPS) is 23.3. The van der Waals surface area contributed by atoms with Gasteiger partial charge in [-0.1, -0.05) is 11.6 Å². The van der Waals surface area contributed by atoms with Crippen LogP contribution in [0.15, 0.2) is 30.6 Å². The first-order chi connectivity index (χ1) is 11.9. The van der Waals surface area contributed by atoms with Gasteiger partial charge in [0.25, 0.3) is 5.91 Å². The predicted molar refractivity (Wildman–Crippen MR) is 90.7 cm³/mol. The molecule has 1 aliphatic rings. The van der Waals surface area contributed by atoms with Crippen molar-refractivity contribution < 1.29 is 13.9 Å². The molecule has 1 fully saturated rings. The zero-order valence-corrected chi connectivity index (χ0v) is 14.2. The Morgan fingerprint density at radius 3 is 2.88 bits per heavy atom. The summed E-state index contributed by atoms with van der Waals surface area (Å²) in [4.78, 5) is 19.9. The Balaban J connectivity index is 1.84. The van der Waals surface area contributed by atoms with Crippen LogP contribution in [0.2, 0.25) is 5.02 Å². The molecule has 2 atom stereocenters. The molecule has 25 heavy (non-hydrogen) atoms. The van der Waals surface area contributed by atoms with Gasteiger partial charge in [0.2, 0.25) is 5.82 Å². The smallest absolute Gasteiger partial charge is 0.293 e. The molecule has 1 aromatic heterocycles. The minimum Gasteiger partial charge on any atom is -0.350 e. The quantitative estimate of drug-likeness (QED) is 0.764. The maximum absolute atomic E-state index is 14.3. The van der Waals surface area contributed by atoms with Gasteiger partial charge in [-0.3, -0.25) is 4.79 Å². The number of rotatable bonds is 3. The fraction of sp³-hybridized carbons (Fsp3) is 0.312. The van der Waals surface area contributed by atoms with Crippen LogP contribution in [0.3, 0.4) is 0 Å². The molecule has 3 rings (SSSR count). The Bertz CT molecular complexity index is 789.